The highest BCUT2D eigenvalue weighted by Crippen LogP contribution is 2.31. The predicted molar refractivity (Wildman–Crippen MR) is 74.1 cm³/mol. The van der Waals surface area contributed by atoms with Crippen LogP contribution in [0.25, 0.3) is 0 Å². The predicted octanol–water partition coefficient (Wildman–Crippen LogP) is 2.36. The van der Waals surface area contributed by atoms with Gasteiger partial charge in [0.2, 0.25) is 0 Å². The van der Waals surface area contributed by atoms with Gasteiger partial charge in [0.15, 0.2) is 0 Å². The summed E-state index contributed by atoms with van der Waals surface area (Å²) in [6, 6.07) is 3.41. The molecule has 1 amide bonds. The Balaban J connectivity index is 2.05. The van der Waals surface area contributed by atoms with Gasteiger partial charge in [0.1, 0.15) is 0 Å². The second-order valence-electron chi connectivity index (χ2n) is 5.13. The maximum absolute atomic E-state index is 12.6. The topological polar surface area (TPSA) is 67.2 Å². The first kappa shape index (κ1) is 15.6. The average molecular weight is 301 g/mol. The number of nitrogens with one attached hydrogen (secondary N) is 2. The van der Waals surface area contributed by atoms with E-state index in [9.17, 15) is 18.0 Å². The second kappa shape index (κ2) is 6.34. The molecule has 4 N–H and O–H groups in total. The maximum Gasteiger partial charge on any atom is 0.416 e. The Morgan fingerprint density at radius 1 is 1.43 bits per heavy atom. The van der Waals surface area contributed by atoms with Crippen LogP contribution < -0.4 is 16.4 Å². The molecule has 1 aromatic rings. The monoisotopic (exact) mass is 301 g/mol. The van der Waals surface area contributed by atoms with Crippen molar-refractivity contribution in [3.05, 3.63) is 29.3 Å². The van der Waals surface area contributed by atoms with E-state index in [4.69, 9.17) is 5.73 Å². The third-order valence-corrected chi connectivity index (χ3v) is 3.58. The number of carbonyl (C=O) groups excluding carboxylic acids is 1. The van der Waals surface area contributed by atoms with Crippen LogP contribution in [0, 0.1) is 0 Å². The largest absolute Gasteiger partial charge is 0.416 e. The van der Waals surface area contributed by atoms with E-state index in [-0.39, 0.29) is 5.56 Å². The summed E-state index contributed by atoms with van der Waals surface area (Å²) in [5.41, 5.74) is 4.49. The van der Waals surface area contributed by atoms with E-state index in [1.54, 1.807) is 0 Å². The normalized spacial score (nSPS) is 18.7. The van der Waals surface area contributed by atoms with Gasteiger partial charge in [-0.3, -0.25) is 4.79 Å². The molecule has 0 aliphatic carbocycles. The molecule has 1 aliphatic rings. The molecule has 0 bridgehead atoms. The second-order valence-corrected chi connectivity index (χ2v) is 5.13. The first-order valence-electron chi connectivity index (χ1n) is 6.86. The zero-order valence-electron chi connectivity index (χ0n) is 11.5. The van der Waals surface area contributed by atoms with E-state index in [2.05, 4.69) is 10.6 Å². The maximum atomic E-state index is 12.6. The van der Waals surface area contributed by atoms with Crippen molar-refractivity contribution in [1.29, 1.82) is 0 Å². The van der Waals surface area contributed by atoms with Gasteiger partial charge in [0, 0.05) is 18.3 Å². The highest BCUT2D eigenvalue weighted by Gasteiger charge is 2.31. The van der Waals surface area contributed by atoms with Gasteiger partial charge in [-0.05, 0) is 44.0 Å². The summed E-state index contributed by atoms with van der Waals surface area (Å²) in [6.07, 6.45) is -1.41. The summed E-state index contributed by atoms with van der Waals surface area (Å²) in [5, 5.41) is 6.32. The van der Waals surface area contributed by atoms with Crippen molar-refractivity contribution in [3.63, 3.8) is 0 Å². The van der Waals surface area contributed by atoms with Crippen molar-refractivity contribution in [2.75, 3.05) is 18.4 Å². The molecule has 0 saturated carbocycles. The van der Waals surface area contributed by atoms with Gasteiger partial charge in [-0.15, -0.1) is 0 Å². The summed E-state index contributed by atoms with van der Waals surface area (Å²) in [5.74, 6) is -0.873. The SMILES string of the molecule is NC(=O)c1cc(C(F)(F)F)ccc1NCC[C@H]1CCCN1. The van der Waals surface area contributed by atoms with E-state index in [1.807, 2.05) is 0 Å². The molecule has 0 spiro atoms. The number of amides is 1. The summed E-state index contributed by atoms with van der Waals surface area (Å²) in [7, 11) is 0. The Bertz CT molecular complexity index is 511. The van der Waals surface area contributed by atoms with Crippen LogP contribution in [-0.4, -0.2) is 25.0 Å². The van der Waals surface area contributed by atoms with Gasteiger partial charge >= 0.3 is 6.18 Å². The summed E-state index contributed by atoms with van der Waals surface area (Å²) < 4.78 is 37.9. The lowest BCUT2D eigenvalue weighted by molar-refractivity contribution is -0.137. The number of hydrogen-bond acceptors (Lipinski definition) is 3. The third kappa shape index (κ3) is 4.10. The molecule has 0 aromatic heterocycles. The highest BCUT2D eigenvalue weighted by molar-refractivity contribution is 5.98. The van der Waals surface area contributed by atoms with Crippen molar-refractivity contribution in [1.82, 2.24) is 5.32 Å². The Morgan fingerprint density at radius 2 is 2.19 bits per heavy atom. The molecule has 1 fully saturated rings. The van der Waals surface area contributed by atoms with Crippen molar-refractivity contribution in [2.24, 2.45) is 5.73 Å². The fourth-order valence-electron chi connectivity index (χ4n) is 2.46. The van der Waals surface area contributed by atoms with E-state index >= 15 is 0 Å². The molecule has 0 radical (unpaired) electrons. The molecule has 4 nitrogen and oxygen atoms in total. The Kier molecular flexibility index (Phi) is 4.72. The average Bonchev–Trinajstić information content (AvgIpc) is 2.90. The van der Waals surface area contributed by atoms with Gasteiger partial charge in [-0.25, -0.2) is 0 Å². The van der Waals surface area contributed by atoms with Crippen LogP contribution in [0.15, 0.2) is 18.2 Å². The molecule has 1 atom stereocenters. The highest BCUT2D eigenvalue weighted by atomic mass is 19.4. The summed E-state index contributed by atoms with van der Waals surface area (Å²) in [4.78, 5) is 11.3. The van der Waals surface area contributed by atoms with Gasteiger partial charge in [-0.1, -0.05) is 0 Å². The smallest absolute Gasteiger partial charge is 0.384 e. The van der Waals surface area contributed by atoms with E-state index in [0.29, 0.717) is 18.3 Å². The Labute approximate surface area is 120 Å². The van der Waals surface area contributed by atoms with Crippen LogP contribution in [-0.2, 0) is 6.18 Å². The molecule has 1 saturated heterocycles. The van der Waals surface area contributed by atoms with Crippen molar-refractivity contribution in [2.45, 2.75) is 31.5 Å². The van der Waals surface area contributed by atoms with E-state index < -0.39 is 17.6 Å². The molecule has 2 rings (SSSR count). The van der Waals surface area contributed by atoms with Crippen molar-refractivity contribution < 1.29 is 18.0 Å². The number of rotatable bonds is 5. The van der Waals surface area contributed by atoms with Crippen LogP contribution in [0.3, 0.4) is 0 Å². The Morgan fingerprint density at radius 3 is 2.76 bits per heavy atom. The zero-order chi connectivity index (χ0) is 15.5. The number of benzene rings is 1. The quantitative estimate of drug-likeness (QED) is 0.782. The molecule has 0 unspecified atom stereocenters. The van der Waals surface area contributed by atoms with Gasteiger partial charge in [0.25, 0.3) is 5.91 Å². The third-order valence-electron chi connectivity index (χ3n) is 3.58. The molecule has 21 heavy (non-hydrogen) atoms. The number of hydrogen-bond donors (Lipinski definition) is 3. The fraction of sp³-hybridized carbons (Fsp3) is 0.500. The minimum atomic E-state index is -4.49. The summed E-state index contributed by atoms with van der Waals surface area (Å²) in [6.45, 7) is 1.57. The first-order valence-corrected chi connectivity index (χ1v) is 6.86. The molecule has 1 heterocycles. The minimum Gasteiger partial charge on any atom is -0.384 e. The van der Waals surface area contributed by atoms with Crippen LogP contribution in [0.5, 0.6) is 0 Å². The van der Waals surface area contributed by atoms with Crippen molar-refractivity contribution in [3.8, 4) is 0 Å². The minimum absolute atomic E-state index is 0.135. The molecular formula is C14H18F3N3O. The first-order chi connectivity index (χ1) is 9.88. The number of primary amides is 1. The lowest BCUT2D eigenvalue weighted by Crippen LogP contribution is -2.24. The van der Waals surface area contributed by atoms with Crippen LogP contribution in [0.1, 0.15) is 35.2 Å². The van der Waals surface area contributed by atoms with Gasteiger partial charge < -0.3 is 16.4 Å². The number of halogens is 3. The number of nitrogens with two attached hydrogens (primary N) is 1. The van der Waals surface area contributed by atoms with Crippen LogP contribution in [0.4, 0.5) is 18.9 Å². The number of carbonyl (C=O) groups is 1. The lowest BCUT2D eigenvalue weighted by Gasteiger charge is -2.15. The molecule has 1 aliphatic heterocycles. The molecule has 116 valence electrons. The zero-order valence-corrected chi connectivity index (χ0v) is 11.5. The number of alkyl halides is 3. The van der Waals surface area contributed by atoms with Crippen LogP contribution >= 0.6 is 0 Å². The molecular weight excluding hydrogens is 283 g/mol. The number of anilines is 1. The van der Waals surface area contributed by atoms with Crippen LogP contribution in [0.2, 0.25) is 0 Å². The van der Waals surface area contributed by atoms with E-state index in [1.165, 1.54) is 6.07 Å². The summed E-state index contributed by atoms with van der Waals surface area (Å²) >= 11 is 0. The van der Waals surface area contributed by atoms with Gasteiger partial charge in [0.05, 0.1) is 11.1 Å². The molecule has 1 aromatic carbocycles. The van der Waals surface area contributed by atoms with E-state index in [0.717, 1.165) is 37.9 Å². The molecule has 7 heteroatoms. The van der Waals surface area contributed by atoms with Crippen molar-refractivity contribution >= 4 is 11.6 Å². The van der Waals surface area contributed by atoms with Gasteiger partial charge in [-0.2, -0.15) is 13.2 Å². The Hall–Kier alpha value is -1.76. The standard InChI is InChI=1S/C14H18F3N3O/c15-14(16,17)9-3-4-12(11(8-9)13(18)21)20-7-5-10-2-1-6-19-10/h3-4,8,10,19-20H,1-2,5-7H2,(H2,18,21)/t10-/m1/s1. The fourth-order valence-corrected chi connectivity index (χ4v) is 2.46. The lowest BCUT2D eigenvalue weighted by atomic mass is 10.1.